The second-order valence-corrected chi connectivity index (χ2v) is 6.65. The van der Waals surface area contributed by atoms with Gasteiger partial charge in [0.1, 0.15) is 15.5 Å². The van der Waals surface area contributed by atoms with E-state index in [1.54, 1.807) is 19.9 Å². The van der Waals surface area contributed by atoms with Crippen LogP contribution in [0.2, 0.25) is 0 Å². The number of nitrogens with one attached hydrogen (secondary N) is 1. The van der Waals surface area contributed by atoms with Crippen LogP contribution in [0.15, 0.2) is 29.1 Å². The van der Waals surface area contributed by atoms with Crippen LogP contribution in [0, 0.1) is 13.8 Å². The van der Waals surface area contributed by atoms with E-state index >= 15 is 0 Å². The van der Waals surface area contributed by atoms with E-state index in [0.717, 1.165) is 11.1 Å². The van der Waals surface area contributed by atoms with Gasteiger partial charge in [0, 0.05) is 0 Å². The van der Waals surface area contributed by atoms with E-state index in [4.69, 9.17) is 4.74 Å². The fraction of sp³-hybridized carbons (Fsp3) is 0.211. The Balaban J connectivity index is 2.01. The van der Waals surface area contributed by atoms with Crippen LogP contribution < -0.4 is 5.56 Å². The van der Waals surface area contributed by atoms with Crippen molar-refractivity contribution in [1.29, 1.82) is 0 Å². The number of nitrogens with zero attached hydrogens (tertiary/aromatic N) is 1. The number of hydrogen-bond acceptors (Lipinski definition) is 5. The lowest BCUT2D eigenvalue weighted by atomic mass is 10.1. The van der Waals surface area contributed by atoms with Crippen LogP contribution in [0.3, 0.4) is 0 Å². The van der Waals surface area contributed by atoms with Gasteiger partial charge in [-0.15, -0.1) is 11.3 Å². The van der Waals surface area contributed by atoms with E-state index in [-0.39, 0.29) is 5.56 Å². The third kappa shape index (κ3) is 3.53. The molecule has 3 aromatic rings. The number of esters is 1. The quantitative estimate of drug-likeness (QED) is 0.720. The molecule has 0 fully saturated rings. The van der Waals surface area contributed by atoms with Crippen LogP contribution in [-0.4, -0.2) is 22.5 Å². The fourth-order valence-corrected chi connectivity index (χ4v) is 3.66. The predicted octanol–water partition coefficient (Wildman–Crippen LogP) is 3.95. The van der Waals surface area contributed by atoms with Gasteiger partial charge in [0.05, 0.1) is 12.0 Å². The first-order chi connectivity index (χ1) is 12.0. The van der Waals surface area contributed by atoms with E-state index in [9.17, 15) is 9.59 Å². The van der Waals surface area contributed by atoms with Crippen LogP contribution in [0.4, 0.5) is 0 Å². The fourth-order valence-electron chi connectivity index (χ4n) is 2.58. The van der Waals surface area contributed by atoms with Crippen molar-refractivity contribution in [3.63, 3.8) is 0 Å². The standard InChI is InChI=1S/C19H18N2O3S/c1-4-24-19(23)16-12(3)15-17(22)20-14(21-18(15)25-16)9-8-13-7-5-6-11(2)10-13/h5-10H,4H2,1-3H3,(H,20,21,22). The van der Waals surface area contributed by atoms with Gasteiger partial charge >= 0.3 is 5.97 Å². The zero-order valence-electron chi connectivity index (χ0n) is 14.3. The number of H-pyrrole nitrogens is 1. The monoisotopic (exact) mass is 354 g/mol. The molecule has 25 heavy (non-hydrogen) atoms. The number of fused-ring (bicyclic) bond motifs is 1. The van der Waals surface area contributed by atoms with E-state index in [0.29, 0.717) is 33.1 Å². The lowest BCUT2D eigenvalue weighted by Crippen LogP contribution is -2.10. The van der Waals surface area contributed by atoms with Crippen molar-refractivity contribution in [2.24, 2.45) is 0 Å². The summed E-state index contributed by atoms with van der Waals surface area (Å²) in [7, 11) is 0. The summed E-state index contributed by atoms with van der Waals surface area (Å²) in [5.41, 5.74) is 2.55. The molecule has 128 valence electrons. The molecule has 3 rings (SSSR count). The highest BCUT2D eigenvalue weighted by atomic mass is 32.1. The van der Waals surface area contributed by atoms with E-state index in [2.05, 4.69) is 9.97 Å². The molecular weight excluding hydrogens is 336 g/mol. The van der Waals surface area contributed by atoms with Gasteiger partial charge in [0.2, 0.25) is 0 Å². The van der Waals surface area contributed by atoms with Gasteiger partial charge in [-0.1, -0.05) is 35.9 Å². The lowest BCUT2D eigenvalue weighted by Gasteiger charge is -1.98. The molecule has 5 nitrogen and oxygen atoms in total. The Morgan fingerprint density at radius 3 is 2.84 bits per heavy atom. The maximum absolute atomic E-state index is 12.4. The van der Waals surface area contributed by atoms with Gasteiger partial charge < -0.3 is 9.72 Å². The number of carbonyl (C=O) groups excluding carboxylic acids is 1. The maximum Gasteiger partial charge on any atom is 0.348 e. The molecule has 0 saturated heterocycles. The molecule has 0 aliphatic rings. The highest BCUT2D eigenvalue weighted by molar-refractivity contribution is 7.20. The summed E-state index contributed by atoms with van der Waals surface area (Å²) in [4.78, 5) is 32.6. The summed E-state index contributed by atoms with van der Waals surface area (Å²) in [6.45, 7) is 5.81. The van der Waals surface area contributed by atoms with E-state index < -0.39 is 5.97 Å². The summed E-state index contributed by atoms with van der Waals surface area (Å²) in [6.07, 6.45) is 3.65. The van der Waals surface area contributed by atoms with Crippen molar-refractivity contribution in [3.05, 3.63) is 62.0 Å². The summed E-state index contributed by atoms with van der Waals surface area (Å²) in [5, 5.41) is 0.445. The summed E-state index contributed by atoms with van der Waals surface area (Å²) < 4.78 is 5.04. The topological polar surface area (TPSA) is 72.0 Å². The Labute approximate surface area is 149 Å². The molecular formula is C19H18N2O3S. The van der Waals surface area contributed by atoms with Gasteiger partial charge in [-0.2, -0.15) is 0 Å². The van der Waals surface area contributed by atoms with Crippen LogP contribution in [0.25, 0.3) is 22.4 Å². The van der Waals surface area contributed by atoms with Crippen molar-refractivity contribution in [2.45, 2.75) is 20.8 Å². The van der Waals surface area contributed by atoms with Gasteiger partial charge in [-0.3, -0.25) is 4.79 Å². The Morgan fingerprint density at radius 2 is 2.12 bits per heavy atom. The first-order valence-electron chi connectivity index (χ1n) is 7.95. The maximum atomic E-state index is 12.4. The minimum atomic E-state index is -0.417. The minimum Gasteiger partial charge on any atom is -0.462 e. The van der Waals surface area contributed by atoms with Crippen LogP contribution in [0.5, 0.6) is 0 Å². The van der Waals surface area contributed by atoms with Crippen LogP contribution >= 0.6 is 11.3 Å². The van der Waals surface area contributed by atoms with E-state index in [1.165, 1.54) is 11.3 Å². The largest absolute Gasteiger partial charge is 0.462 e. The second-order valence-electron chi connectivity index (χ2n) is 5.66. The Kier molecular flexibility index (Phi) is 4.81. The molecule has 0 saturated carbocycles. The van der Waals surface area contributed by atoms with Crippen molar-refractivity contribution >= 4 is 39.7 Å². The number of ether oxygens (including phenoxy) is 1. The first-order valence-corrected chi connectivity index (χ1v) is 8.76. The molecule has 0 unspecified atom stereocenters. The summed E-state index contributed by atoms with van der Waals surface area (Å²) in [5.74, 6) is 0.0370. The van der Waals surface area contributed by atoms with Crippen LogP contribution in [-0.2, 0) is 4.74 Å². The third-order valence-corrected chi connectivity index (χ3v) is 4.92. The molecule has 0 aliphatic carbocycles. The number of rotatable bonds is 4. The van der Waals surface area contributed by atoms with Crippen molar-refractivity contribution in [2.75, 3.05) is 6.61 Å². The summed E-state index contributed by atoms with van der Waals surface area (Å²) in [6, 6.07) is 8.02. The average molecular weight is 354 g/mol. The number of aromatic amines is 1. The van der Waals surface area contributed by atoms with Crippen LogP contribution in [0.1, 0.15) is 39.1 Å². The lowest BCUT2D eigenvalue weighted by molar-refractivity contribution is 0.0531. The molecule has 0 bridgehead atoms. The minimum absolute atomic E-state index is 0.252. The molecule has 6 heteroatoms. The molecule has 0 atom stereocenters. The van der Waals surface area contributed by atoms with Crippen molar-refractivity contribution in [3.8, 4) is 0 Å². The molecule has 2 aromatic heterocycles. The summed E-state index contributed by atoms with van der Waals surface area (Å²) >= 11 is 1.18. The average Bonchev–Trinajstić information content (AvgIpc) is 2.91. The molecule has 0 aliphatic heterocycles. The highest BCUT2D eigenvalue weighted by Gasteiger charge is 2.19. The zero-order chi connectivity index (χ0) is 18.0. The Bertz CT molecular complexity index is 1030. The van der Waals surface area contributed by atoms with Gasteiger partial charge in [-0.05, 0) is 38.0 Å². The molecule has 2 heterocycles. The second kappa shape index (κ2) is 7.03. The SMILES string of the molecule is CCOC(=O)c1sc2nc(C=Cc3cccc(C)c3)[nH]c(=O)c2c1C. The van der Waals surface area contributed by atoms with Gasteiger partial charge in [-0.25, -0.2) is 9.78 Å². The highest BCUT2D eigenvalue weighted by Crippen LogP contribution is 2.27. The number of aromatic nitrogens is 2. The predicted molar refractivity (Wildman–Crippen MR) is 101 cm³/mol. The molecule has 0 amide bonds. The molecule has 1 aromatic carbocycles. The number of aryl methyl sites for hydroxylation is 2. The van der Waals surface area contributed by atoms with Gasteiger partial charge in [0.15, 0.2) is 0 Å². The Hall–Kier alpha value is -2.73. The molecule has 0 spiro atoms. The third-order valence-electron chi connectivity index (χ3n) is 3.76. The number of thiophene rings is 1. The van der Waals surface area contributed by atoms with E-state index in [1.807, 2.05) is 37.3 Å². The molecule has 0 radical (unpaired) electrons. The van der Waals surface area contributed by atoms with Crippen molar-refractivity contribution < 1.29 is 9.53 Å². The number of carbonyl (C=O) groups is 1. The van der Waals surface area contributed by atoms with Crippen molar-refractivity contribution in [1.82, 2.24) is 9.97 Å². The van der Waals surface area contributed by atoms with Gasteiger partial charge in [0.25, 0.3) is 5.56 Å². The Morgan fingerprint density at radius 1 is 1.32 bits per heavy atom. The zero-order valence-corrected chi connectivity index (χ0v) is 15.1. The number of hydrogen-bond donors (Lipinski definition) is 1. The normalized spacial score (nSPS) is 11.3. The molecule has 1 N–H and O–H groups in total. The smallest absolute Gasteiger partial charge is 0.348 e. The first kappa shape index (κ1) is 17.1. The number of benzene rings is 1.